The molecule has 0 bridgehead atoms. The molecule has 0 spiro atoms. The molecule has 0 aromatic heterocycles. The number of fused-ring (bicyclic) bond motifs is 1. The van der Waals surface area contributed by atoms with Crippen LogP contribution < -0.4 is 0 Å². The fourth-order valence-corrected chi connectivity index (χ4v) is 3.69. The first kappa shape index (κ1) is 16.9. The third-order valence-corrected chi connectivity index (χ3v) is 4.99. The largest absolute Gasteiger partial charge is 0.481 e. The molecule has 1 aromatic carbocycles. The first-order chi connectivity index (χ1) is 11.8. The molecule has 2 saturated heterocycles. The maximum absolute atomic E-state index is 13.6. The number of nitriles is 1. The van der Waals surface area contributed by atoms with Crippen LogP contribution in [0.3, 0.4) is 0 Å². The van der Waals surface area contributed by atoms with E-state index in [1.165, 1.54) is 15.9 Å². The molecule has 0 unspecified atom stereocenters. The van der Waals surface area contributed by atoms with Crippen LogP contribution >= 0.6 is 0 Å². The van der Waals surface area contributed by atoms with Gasteiger partial charge in [0.25, 0.3) is 5.91 Å². The summed E-state index contributed by atoms with van der Waals surface area (Å²) < 4.78 is 13.6. The Bertz CT molecular complexity index is 819. The van der Waals surface area contributed by atoms with Crippen LogP contribution in [0.1, 0.15) is 22.8 Å². The monoisotopic (exact) mass is 345 g/mol. The normalized spacial score (nSPS) is 25.0. The molecule has 2 fully saturated rings. The van der Waals surface area contributed by atoms with Crippen molar-refractivity contribution in [3.63, 3.8) is 0 Å². The molecule has 0 aliphatic carbocycles. The lowest BCUT2D eigenvalue weighted by Crippen LogP contribution is -2.42. The molecular weight excluding hydrogens is 329 g/mol. The minimum absolute atomic E-state index is 0.00363. The first-order valence-electron chi connectivity index (χ1n) is 7.84. The fourth-order valence-electron chi connectivity index (χ4n) is 3.69. The topological polar surface area (TPSA) is 102 Å². The molecule has 130 valence electrons. The van der Waals surface area contributed by atoms with Gasteiger partial charge in [-0.1, -0.05) is 0 Å². The smallest absolute Gasteiger partial charge is 0.314 e. The summed E-state index contributed by atoms with van der Waals surface area (Å²) in [4.78, 5) is 39.7. The highest BCUT2D eigenvalue weighted by Gasteiger charge is 2.62. The number of carboxylic acids is 1. The van der Waals surface area contributed by atoms with E-state index in [0.29, 0.717) is 6.54 Å². The van der Waals surface area contributed by atoms with Crippen LogP contribution in [0.15, 0.2) is 18.2 Å². The summed E-state index contributed by atoms with van der Waals surface area (Å²) in [6.07, 6.45) is 0. The Morgan fingerprint density at radius 2 is 2.12 bits per heavy atom. The third kappa shape index (κ3) is 2.52. The zero-order chi connectivity index (χ0) is 18.4. The number of benzene rings is 1. The summed E-state index contributed by atoms with van der Waals surface area (Å²) in [7, 11) is 0. The van der Waals surface area contributed by atoms with Gasteiger partial charge in [0.2, 0.25) is 5.91 Å². The van der Waals surface area contributed by atoms with Gasteiger partial charge in [-0.2, -0.15) is 5.26 Å². The molecule has 2 aliphatic rings. The van der Waals surface area contributed by atoms with Gasteiger partial charge in [-0.3, -0.25) is 14.4 Å². The van der Waals surface area contributed by atoms with Crippen LogP contribution in [-0.2, 0) is 9.59 Å². The number of carbonyl (C=O) groups is 3. The van der Waals surface area contributed by atoms with Crippen molar-refractivity contribution in [2.45, 2.75) is 6.92 Å². The summed E-state index contributed by atoms with van der Waals surface area (Å²) in [6.45, 7) is 2.09. The van der Waals surface area contributed by atoms with Crippen LogP contribution in [0.2, 0.25) is 0 Å². The quantitative estimate of drug-likeness (QED) is 0.869. The summed E-state index contributed by atoms with van der Waals surface area (Å²) in [5.41, 5.74) is -1.37. The molecule has 8 heteroatoms. The fraction of sp³-hybridized carbons (Fsp3) is 0.412. The highest BCUT2D eigenvalue weighted by Crippen LogP contribution is 2.44. The third-order valence-electron chi connectivity index (χ3n) is 4.99. The van der Waals surface area contributed by atoms with Crippen molar-refractivity contribution in [2.75, 3.05) is 26.2 Å². The Balaban J connectivity index is 1.91. The van der Waals surface area contributed by atoms with Crippen molar-refractivity contribution in [1.82, 2.24) is 9.80 Å². The number of hydrogen-bond donors (Lipinski definition) is 1. The second-order valence-electron chi connectivity index (χ2n) is 6.39. The van der Waals surface area contributed by atoms with Gasteiger partial charge in [0.15, 0.2) is 0 Å². The number of amides is 2. The number of likely N-dealkylation sites (tertiary alicyclic amines) is 2. The Kier molecular flexibility index (Phi) is 3.95. The number of nitrogens with zero attached hydrogens (tertiary/aromatic N) is 3. The van der Waals surface area contributed by atoms with Crippen molar-refractivity contribution >= 4 is 17.8 Å². The van der Waals surface area contributed by atoms with E-state index in [4.69, 9.17) is 5.26 Å². The van der Waals surface area contributed by atoms with Crippen molar-refractivity contribution in [3.8, 4) is 6.07 Å². The lowest BCUT2D eigenvalue weighted by atomic mass is 9.81. The van der Waals surface area contributed by atoms with E-state index in [9.17, 15) is 23.9 Å². The maximum atomic E-state index is 13.6. The Labute approximate surface area is 143 Å². The minimum Gasteiger partial charge on any atom is -0.481 e. The van der Waals surface area contributed by atoms with Gasteiger partial charge >= 0.3 is 5.97 Å². The van der Waals surface area contributed by atoms with E-state index in [1.807, 2.05) is 0 Å². The molecule has 2 aliphatic heterocycles. The van der Waals surface area contributed by atoms with Crippen LogP contribution in [0, 0.1) is 28.5 Å². The molecule has 0 saturated carbocycles. The van der Waals surface area contributed by atoms with Crippen LogP contribution in [-0.4, -0.2) is 58.9 Å². The Morgan fingerprint density at radius 3 is 2.68 bits per heavy atom. The first-order valence-corrected chi connectivity index (χ1v) is 7.84. The highest BCUT2D eigenvalue weighted by molar-refractivity contribution is 5.98. The average Bonchev–Trinajstić information content (AvgIpc) is 3.09. The van der Waals surface area contributed by atoms with E-state index in [2.05, 4.69) is 0 Å². The molecule has 7 nitrogen and oxygen atoms in total. The summed E-state index contributed by atoms with van der Waals surface area (Å²) in [5.74, 6) is -3.51. The number of halogens is 1. The minimum atomic E-state index is -1.34. The highest BCUT2D eigenvalue weighted by atomic mass is 19.1. The zero-order valence-corrected chi connectivity index (χ0v) is 13.5. The molecule has 1 aromatic rings. The molecule has 0 radical (unpaired) electrons. The number of carbonyl (C=O) groups excluding carboxylic acids is 2. The zero-order valence-electron chi connectivity index (χ0n) is 13.5. The molecular formula is C17H16FN3O4. The van der Waals surface area contributed by atoms with Gasteiger partial charge in [0.05, 0.1) is 17.6 Å². The van der Waals surface area contributed by atoms with Crippen LogP contribution in [0.25, 0.3) is 0 Å². The van der Waals surface area contributed by atoms with Gasteiger partial charge in [0, 0.05) is 31.7 Å². The van der Waals surface area contributed by atoms with Crippen molar-refractivity contribution < 1.29 is 23.9 Å². The number of aliphatic carboxylic acids is 1. The van der Waals surface area contributed by atoms with Crippen molar-refractivity contribution in [2.24, 2.45) is 11.3 Å². The second kappa shape index (κ2) is 5.84. The van der Waals surface area contributed by atoms with Gasteiger partial charge in [-0.15, -0.1) is 0 Å². The molecule has 2 heterocycles. The molecule has 3 rings (SSSR count). The molecule has 2 amide bonds. The van der Waals surface area contributed by atoms with E-state index >= 15 is 0 Å². The van der Waals surface area contributed by atoms with Gasteiger partial charge in [0.1, 0.15) is 11.2 Å². The number of hydrogen-bond acceptors (Lipinski definition) is 4. The predicted octanol–water partition coefficient (Wildman–Crippen LogP) is 0.702. The van der Waals surface area contributed by atoms with E-state index in [1.54, 1.807) is 13.0 Å². The predicted molar refractivity (Wildman–Crippen MR) is 82.8 cm³/mol. The SMILES string of the molecule is CCN1C[C@@]2(C(=O)O)CN(C(=O)c3cc(F)cc(C#N)c3)C[C@H]2C1=O. The van der Waals surface area contributed by atoms with E-state index in [-0.39, 0.29) is 36.7 Å². The second-order valence-corrected chi connectivity index (χ2v) is 6.39. The standard InChI is InChI=1S/C17H16FN3O4/c1-2-20-8-17(16(24)25)9-21(7-13(17)15(20)23)14(22)11-3-10(6-19)4-12(18)5-11/h3-5,13H,2,7-9H2,1H3,(H,24,25)/t13-,17+/m0/s1. The van der Waals surface area contributed by atoms with Crippen molar-refractivity contribution in [3.05, 3.63) is 35.1 Å². The van der Waals surface area contributed by atoms with Crippen LogP contribution in [0.4, 0.5) is 4.39 Å². The van der Waals surface area contributed by atoms with Gasteiger partial charge in [-0.05, 0) is 25.1 Å². The van der Waals surface area contributed by atoms with Gasteiger partial charge < -0.3 is 14.9 Å². The van der Waals surface area contributed by atoms with E-state index in [0.717, 1.165) is 12.1 Å². The lowest BCUT2D eigenvalue weighted by Gasteiger charge is -2.24. The molecule has 25 heavy (non-hydrogen) atoms. The summed E-state index contributed by atoms with van der Waals surface area (Å²) in [5, 5.41) is 18.6. The van der Waals surface area contributed by atoms with Gasteiger partial charge in [-0.25, -0.2) is 4.39 Å². The number of rotatable bonds is 3. The van der Waals surface area contributed by atoms with Crippen LogP contribution in [0.5, 0.6) is 0 Å². The lowest BCUT2D eigenvalue weighted by molar-refractivity contribution is -0.149. The van der Waals surface area contributed by atoms with E-state index < -0.39 is 29.0 Å². The molecule has 1 N–H and O–H groups in total. The summed E-state index contributed by atoms with van der Waals surface area (Å²) >= 11 is 0. The maximum Gasteiger partial charge on any atom is 0.314 e. The Hall–Kier alpha value is -2.95. The average molecular weight is 345 g/mol. The molecule has 2 atom stereocenters. The number of carboxylic acid groups (broad SMARTS) is 1. The Morgan fingerprint density at radius 1 is 1.40 bits per heavy atom. The van der Waals surface area contributed by atoms with Crippen molar-refractivity contribution in [1.29, 1.82) is 5.26 Å². The summed E-state index contributed by atoms with van der Waals surface area (Å²) in [6, 6.07) is 5.05.